The summed E-state index contributed by atoms with van der Waals surface area (Å²) in [7, 11) is 0. The van der Waals surface area contributed by atoms with Gasteiger partial charge in [-0.25, -0.2) is 4.79 Å². The molecule has 1 saturated carbocycles. The van der Waals surface area contributed by atoms with E-state index in [1.54, 1.807) is 0 Å². The van der Waals surface area contributed by atoms with Crippen LogP contribution in [0.25, 0.3) is 0 Å². The van der Waals surface area contributed by atoms with Gasteiger partial charge >= 0.3 is 5.69 Å². The number of H-pyrrole nitrogens is 1. The Bertz CT molecular complexity index is 549. The molecule has 1 fully saturated rings. The lowest BCUT2D eigenvalue weighted by Crippen LogP contribution is -2.47. The Labute approximate surface area is 105 Å². The predicted octanol–water partition coefficient (Wildman–Crippen LogP) is 0.883. The lowest BCUT2D eigenvalue weighted by molar-refractivity contribution is 0.269. The highest BCUT2D eigenvalue weighted by molar-refractivity contribution is 5.62. The molecule has 0 aromatic carbocycles. The quantitative estimate of drug-likeness (QED) is 0.741. The highest BCUT2D eigenvalue weighted by Crippen LogP contribution is 2.37. The third-order valence-electron chi connectivity index (χ3n) is 3.93. The number of nitrogens with two attached hydrogens (primary N) is 1. The van der Waals surface area contributed by atoms with Crippen LogP contribution in [-0.4, -0.2) is 15.1 Å². The molecule has 6 heteroatoms. The molecular formula is C12H20N4O2. The largest absolute Gasteiger partial charge is 0.383 e. The molecule has 1 aromatic rings. The minimum atomic E-state index is -0.454. The van der Waals surface area contributed by atoms with E-state index in [9.17, 15) is 9.59 Å². The van der Waals surface area contributed by atoms with Crippen molar-refractivity contribution in [2.75, 3.05) is 11.1 Å². The predicted molar refractivity (Wildman–Crippen MR) is 71.9 cm³/mol. The molecule has 1 aliphatic carbocycles. The smallest absolute Gasteiger partial charge is 0.330 e. The van der Waals surface area contributed by atoms with Crippen LogP contribution < -0.4 is 22.3 Å². The zero-order valence-electron chi connectivity index (χ0n) is 10.9. The highest BCUT2D eigenvalue weighted by Gasteiger charge is 2.36. The molecule has 0 saturated heterocycles. The average Bonchev–Trinajstić information content (AvgIpc) is 2.27. The first-order chi connectivity index (χ1) is 8.53. The first-order valence-corrected chi connectivity index (χ1v) is 6.44. The molecular weight excluding hydrogens is 232 g/mol. The van der Waals surface area contributed by atoms with E-state index in [1.165, 1.54) is 4.57 Å². The van der Waals surface area contributed by atoms with Gasteiger partial charge in [0.15, 0.2) is 0 Å². The van der Waals surface area contributed by atoms with E-state index >= 15 is 0 Å². The molecule has 0 radical (unpaired) electrons. The van der Waals surface area contributed by atoms with Gasteiger partial charge in [-0.2, -0.15) is 0 Å². The molecule has 6 nitrogen and oxygen atoms in total. The second-order valence-corrected chi connectivity index (χ2v) is 4.88. The fourth-order valence-electron chi connectivity index (χ4n) is 2.46. The van der Waals surface area contributed by atoms with Crippen LogP contribution in [0.5, 0.6) is 0 Å². The van der Waals surface area contributed by atoms with E-state index < -0.39 is 11.2 Å². The second kappa shape index (κ2) is 4.51. The average molecular weight is 252 g/mol. The number of hydrogen-bond acceptors (Lipinski definition) is 4. The summed E-state index contributed by atoms with van der Waals surface area (Å²) in [5.74, 6) is 0.228. The van der Waals surface area contributed by atoms with Gasteiger partial charge in [-0.05, 0) is 32.6 Å². The van der Waals surface area contributed by atoms with Gasteiger partial charge in [0.2, 0.25) is 0 Å². The van der Waals surface area contributed by atoms with Gasteiger partial charge in [0.25, 0.3) is 5.56 Å². The van der Waals surface area contributed by atoms with E-state index in [0.717, 1.165) is 25.7 Å². The number of nitrogens with one attached hydrogen (secondary N) is 2. The van der Waals surface area contributed by atoms with Crippen LogP contribution in [0.1, 0.15) is 39.5 Å². The first-order valence-electron chi connectivity index (χ1n) is 6.44. The molecule has 100 valence electrons. The fraction of sp³-hybridized carbons (Fsp3) is 0.667. The summed E-state index contributed by atoms with van der Waals surface area (Å²) < 4.78 is 1.37. The van der Waals surface area contributed by atoms with Crippen molar-refractivity contribution in [1.29, 1.82) is 0 Å². The van der Waals surface area contributed by atoms with E-state index in [0.29, 0.717) is 12.2 Å². The Kier molecular flexibility index (Phi) is 3.19. The summed E-state index contributed by atoms with van der Waals surface area (Å²) in [5, 5.41) is 3.25. The van der Waals surface area contributed by atoms with Crippen molar-refractivity contribution in [3.05, 3.63) is 20.8 Å². The Morgan fingerprint density at radius 2 is 2.06 bits per heavy atom. The summed E-state index contributed by atoms with van der Waals surface area (Å²) in [6, 6.07) is 0. The molecule has 2 rings (SSSR count). The summed E-state index contributed by atoms with van der Waals surface area (Å²) in [4.78, 5) is 25.7. The Balaban J connectivity index is 2.45. The molecule has 4 N–H and O–H groups in total. The lowest BCUT2D eigenvalue weighted by atomic mass is 9.75. The van der Waals surface area contributed by atoms with Gasteiger partial charge in [0.1, 0.15) is 11.5 Å². The number of nitrogen functional groups attached to an aromatic ring is 1. The van der Waals surface area contributed by atoms with Crippen molar-refractivity contribution < 1.29 is 0 Å². The molecule has 1 aromatic heterocycles. The third-order valence-corrected chi connectivity index (χ3v) is 3.93. The molecule has 1 heterocycles. The van der Waals surface area contributed by atoms with Crippen molar-refractivity contribution >= 4 is 11.5 Å². The van der Waals surface area contributed by atoms with Gasteiger partial charge < -0.3 is 11.1 Å². The molecule has 0 unspecified atom stereocenters. The molecule has 0 spiro atoms. The van der Waals surface area contributed by atoms with E-state index in [1.807, 2.05) is 6.92 Å². The van der Waals surface area contributed by atoms with Gasteiger partial charge in [-0.3, -0.25) is 14.3 Å². The molecule has 1 aliphatic rings. The summed E-state index contributed by atoms with van der Waals surface area (Å²) in [6.45, 7) is 4.35. The number of aromatic nitrogens is 2. The summed E-state index contributed by atoms with van der Waals surface area (Å²) in [5.41, 5.74) is 5.33. The van der Waals surface area contributed by atoms with Crippen LogP contribution in [0.2, 0.25) is 0 Å². The SMILES string of the molecule is CCn1c(N)c(NC2(CC)CCC2)c(=O)[nH]c1=O. The Hall–Kier alpha value is -1.72. The highest BCUT2D eigenvalue weighted by atomic mass is 16.2. The van der Waals surface area contributed by atoms with Gasteiger partial charge in [-0.15, -0.1) is 0 Å². The minimum Gasteiger partial charge on any atom is -0.383 e. The summed E-state index contributed by atoms with van der Waals surface area (Å²) >= 11 is 0. The van der Waals surface area contributed by atoms with Crippen molar-refractivity contribution in [3.63, 3.8) is 0 Å². The molecule has 0 atom stereocenters. The van der Waals surface area contributed by atoms with E-state index in [2.05, 4.69) is 17.2 Å². The van der Waals surface area contributed by atoms with Crippen LogP contribution in [0.15, 0.2) is 9.59 Å². The number of rotatable bonds is 4. The Morgan fingerprint density at radius 3 is 2.50 bits per heavy atom. The van der Waals surface area contributed by atoms with Crippen molar-refractivity contribution in [1.82, 2.24) is 9.55 Å². The number of aromatic amines is 1. The molecule has 18 heavy (non-hydrogen) atoms. The maximum Gasteiger partial charge on any atom is 0.330 e. The summed E-state index contributed by atoms with van der Waals surface area (Å²) in [6.07, 6.45) is 4.17. The zero-order valence-corrected chi connectivity index (χ0v) is 10.9. The van der Waals surface area contributed by atoms with Crippen LogP contribution in [0, 0.1) is 0 Å². The zero-order chi connectivity index (χ0) is 13.3. The van der Waals surface area contributed by atoms with Gasteiger partial charge in [0.05, 0.1) is 0 Å². The van der Waals surface area contributed by atoms with Crippen molar-refractivity contribution in [3.8, 4) is 0 Å². The lowest BCUT2D eigenvalue weighted by Gasteiger charge is -2.42. The van der Waals surface area contributed by atoms with Crippen LogP contribution in [0.4, 0.5) is 11.5 Å². The first kappa shape index (κ1) is 12.7. The normalized spacial score (nSPS) is 17.2. The Morgan fingerprint density at radius 1 is 1.39 bits per heavy atom. The number of hydrogen-bond donors (Lipinski definition) is 3. The minimum absolute atomic E-state index is 0.0307. The monoisotopic (exact) mass is 252 g/mol. The topological polar surface area (TPSA) is 92.9 Å². The third kappa shape index (κ3) is 1.91. The van der Waals surface area contributed by atoms with Crippen LogP contribution >= 0.6 is 0 Å². The maximum atomic E-state index is 11.9. The number of nitrogens with zero attached hydrogens (tertiary/aromatic N) is 1. The van der Waals surface area contributed by atoms with Gasteiger partial charge in [-0.1, -0.05) is 6.92 Å². The maximum absolute atomic E-state index is 11.9. The van der Waals surface area contributed by atoms with E-state index in [4.69, 9.17) is 5.73 Å². The molecule has 0 amide bonds. The molecule has 0 bridgehead atoms. The van der Waals surface area contributed by atoms with Crippen LogP contribution in [-0.2, 0) is 6.54 Å². The van der Waals surface area contributed by atoms with Crippen molar-refractivity contribution in [2.24, 2.45) is 0 Å². The standard InChI is InChI=1S/C12H20N4O2/c1-3-12(6-5-7-12)15-8-9(13)16(4-2)11(18)14-10(8)17/h15H,3-7,13H2,1-2H3,(H,14,17,18). The van der Waals surface area contributed by atoms with E-state index in [-0.39, 0.29) is 11.4 Å². The van der Waals surface area contributed by atoms with Crippen LogP contribution in [0.3, 0.4) is 0 Å². The van der Waals surface area contributed by atoms with Gasteiger partial charge in [0, 0.05) is 12.1 Å². The molecule has 0 aliphatic heterocycles. The second-order valence-electron chi connectivity index (χ2n) is 4.88. The fourth-order valence-corrected chi connectivity index (χ4v) is 2.46. The van der Waals surface area contributed by atoms with Crippen molar-refractivity contribution in [2.45, 2.75) is 51.6 Å². The number of anilines is 2.